The maximum absolute atomic E-state index is 12.4. The number of carbonyl (C=O) groups excluding carboxylic acids is 2. The van der Waals surface area contributed by atoms with Gasteiger partial charge in [-0.25, -0.2) is 13.2 Å². The second kappa shape index (κ2) is 9.53. The Kier molecular flexibility index (Phi) is 9.16. The first-order valence-corrected chi connectivity index (χ1v) is 8.62. The molecule has 1 aromatic carbocycles. The fraction of sp³-hybridized carbons (Fsp3) is 0.467. The number of para-hydroxylation sites is 1. The molecule has 0 N–H and O–H groups in total. The van der Waals surface area contributed by atoms with Gasteiger partial charge in [-0.3, -0.25) is 9.69 Å². The number of aryl methyl sites for hydroxylation is 2. The molecule has 0 saturated heterocycles. The van der Waals surface area contributed by atoms with Gasteiger partial charge in [-0.1, -0.05) is 25.1 Å². The van der Waals surface area contributed by atoms with Gasteiger partial charge in [0, 0.05) is 0 Å². The molecule has 7 nitrogen and oxygen atoms in total. The number of hydrogen-bond donors (Lipinski definition) is 0. The minimum atomic E-state index is -4.77. The number of amides is 1. The molecular formula is C15H20NNaO6S. The molecule has 0 aliphatic rings. The van der Waals surface area contributed by atoms with E-state index in [-0.39, 0.29) is 29.6 Å². The van der Waals surface area contributed by atoms with Crippen LogP contribution in [0.4, 0.5) is 5.69 Å². The number of esters is 1. The molecule has 1 amide bonds. The predicted molar refractivity (Wildman–Crippen MR) is 84.1 cm³/mol. The van der Waals surface area contributed by atoms with Gasteiger partial charge in [-0.2, -0.15) is 0 Å². The van der Waals surface area contributed by atoms with E-state index < -0.39 is 33.8 Å². The van der Waals surface area contributed by atoms with E-state index in [1.54, 1.807) is 25.1 Å². The molecule has 128 valence electrons. The van der Waals surface area contributed by atoms with Crippen LogP contribution >= 0.6 is 0 Å². The summed E-state index contributed by atoms with van der Waals surface area (Å²) in [5.74, 6) is -2.87. The predicted octanol–water partition coefficient (Wildman–Crippen LogP) is -2.00. The molecule has 0 aromatic heterocycles. The largest absolute Gasteiger partial charge is 1.00 e. The first-order valence-electron chi connectivity index (χ1n) is 7.04. The van der Waals surface area contributed by atoms with Crippen molar-refractivity contribution in [2.75, 3.05) is 17.8 Å². The summed E-state index contributed by atoms with van der Waals surface area (Å²) < 4.78 is 37.5. The van der Waals surface area contributed by atoms with Crippen LogP contribution in [-0.4, -0.2) is 43.8 Å². The summed E-state index contributed by atoms with van der Waals surface area (Å²) in [6, 6.07) is 4.26. The fourth-order valence-corrected chi connectivity index (χ4v) is 2.82. The zero-order valence-corrected chi connectivity index (χ0v) is 17.3. The second-order valence-electron chi connectivity index (χ2n) is 5.10. The van der Waals surface area contributed by atoms with Gasteiger partial charge in [-0.05, 0) is 31.4 Å². The smallest absolute Gasteiger partial charge is 0.748 e. The van der Waals surface area contributed by atoms with Gasteiger partial charge in [-0.15, -0.1) is 0 Å². The zero-order chi connectivity index (χ0) is 17.8. The molecule has 24 heavy (non-hydrogen) atoms. The van der Waals surface area contributed by atoms with Gasteiger partial charge in [0.05, 0.1) is 12.8 Å². The van der Waals surface area contributed by atoms with E-state index in [0.29, 0.717) is 17.7 Å². The van der Waals surface area contributed by atoms with Gasteiger partial charge >= 0.3 is 35.5 Å². The minimum Gasteiger partial charge on any atom is -0.748 e. The molecule has 0 aliphatic carbocycles. The number of carbonyl (C=O) groups is 2. The monoisotopic (exact) mass is 365 g/mol. The molecule has 0 spiro atoms. The maximum atomic E-state index is 12.4. The Bertz CT molecular complexity index is 704. The molecule has 0 saturated carbocycles. The van der Waals surface area contributed by atoms with Gasteiger partial charge in [0.1, 0.15) is 21.9 Å². The Morgan fingerprint density at radius 2 is 1.92 bits per heavy atom. The van der Waals surface area contributed by atoms with Crippen LogP contribution in [0.25, 0.3) is 0 Å². The fourth-order valence-electron chi connectivity index (χ4n) is 2.38. The molecule has 0 radical (unpaired) electrons. The molecular weight excluding hydrogens is 345 g/mol. The Morgan fingerprint density at radius 1 is 1.33 bits per heavy atom. The summed E-state index contributed by atoms with van der Waals surface area (Å²) in [7, 11) is -3.60. The van der Waals surface area contributed by atoms with Gasteiger partial charge in [0.25, 0.3) is 0 Å². The Labute approximate surface area is 164 Å². The van der Waals surface area contributed by atoms with Crippen molar-refractivity contribution in [1.82, 2.24) is 0 Å². The number of benzene rings is 1. The first-order chi connectivity index (χ1) is 10.6. The number of ether oxygens (including phenoxy) is 1. The number of rotatable bonds is 6. The van der Waals surface area contributed by atoms with Crippen molar-refractivity contribution in [1.29, 1.82) is 0 Å². The SMILES string of the molecule is CCc1cccc(C)c1N(C(=O)CS(=O)(=O)[O-])[C@@H](C)C(=O)OC.[Na+]. The quantitative estimate of drug-likeness (QED) is 0.328. The van der Waals surface area contributed by atoms with E-state index in [0.717, 1.165) is 10.5 Å². The van der Waals surface area contributed by atoms with Crippen LogP contribution in [0.1, 0.15) is 25.0 Å². The number of methoxy groups -OCH3 is 1. The van der Waals surface area contributed by atoms with Crippen LogP contribution in [0.2, 0.25) is 0 Å². The van der Waals surface area contributed by atoms with Crippen LogP contribution in [0.5, 0.6) is 0 Å². The van der Waals surface area contributed by atoms with Crippen molar-refractivity contribution in [3.05, 3.63) is 29.3 Å². The van der Waals surface area contributed by atoms with E-state index >= 15 is 0 Å². The molecule has 1 aromatic rings. The Morgan fingerprint density at radius 3 is 2.38 bits per heavy atom. The van der Waals surface area contributed by atoms with Crippen molar-refractivity contribution < 1.29 is 56.9 Å². The van der Waals surface area contributed by atoms with Crippen LogP contribution in [0.15, 0.2) is 18.2 Å². The van der Waals surface area contributed by atoms with Crippen LogP contribution in [0.3, 0.4) is 0 Å². The molecule has 0 unspecified atom stereocenters. The topological polar surface area (TPSA) is 104 Å². The van der Waals surface area contributed by atoms with Crippen molar-refractivity contribution in [2.45, 2.75) is 33.2 Å². The molecule has 1 atom stereocenters. The number of anilines is 1. The third-order valence-electron chi connectivity index (χ3n) is 3.44. The van der Waals surface area contributed by atoms with E-state index in [1.807, 2.05) is 6.92 Å². The third kappa shape index (κ3) is 5.86. The van der Waals surface area contributed by atoms with Crippen molar-refractivity contribution in [2.24, 2.45) is 0 Å². The van der Waals surface area contributed by atoms with Crippen molar-refractivity contribution in [3.8, 4) is 0 Å². The Hall–Kier alpha value is -0.930. The molecule has 0 heterocycles. The summed E-state index contributed by atoms with van der Waals surface area (Å²) >= 11 is 0. The summed E-state index contributed by atoms with van der Waals surface area (Å²) in [4.78, 5) is 25.3. The van der Waals surface area contributed by atoms with E-state index in [9.17, 15) is 22.6 Å². The summed E-state index contributed by atoms with van der Waals surface area (Å²) in [6.45, 7) is 5.03. The van der Waals surface area contributed by atoms with Gasteiger partial charge in [0.2, 0.25) is 5.91 Å². The average Bonchev–Trinajstić information content (AvgIpc) is 2.46. The summed E-state index contributed by atoms with van der Waals surface area (Å²) in [5.41, 5.74) is 1.88. The van der Waals surface area contributed by atoms with Crippen LogP contribution < -0.4 is 34.5 Å². The standard InChI is InChI=1S/C15H21NO6S.Na/c1-5-12-8-6-7-10(2)14(12)16(11(3)15(18)22-4)13(17)9-23(19,20)21;/h6-8,11H,5,9H2,1-4H3,(H,19,20,21);/q;+1/p-1/t11-;/m0./s1. The third-order valence-corrected chi connectivity index (χ3v) is 4.04. The summed E-state index contributed by atoms with van der Waals surface area (Å²) in [6.07, 6.45) is 0.568. The van der Waals surface area contributed by atoms with Crippen molar-refractivity contribution in [3.63, 3.8) is 0 Å². The molecule has 0 fully saturated rings. The van der Waals surface area contributed by atoms with Crippen LogP contribution in [0, 0.1) is 6.92 Å². The van der Waals surface area contributed by atoms with Gasteiger partial charge < -0.3 is 9.29 Å². The maximum Gasteiger partial charge on any atom is 1.00 e. The number of nitrogens with zero attached hydrogens (tertiary/aromatic N) is 1. The molecule has 0 aliphatic heterocycles. The first kappa shape index (κ1) is 23.1. The van der Waals surface area contributed by atoms with Crippen LogP contribution in [-0.2, 0) is 30.9 Å². The molecule has 9 heteroatoms. The normalized spacial score (nSPS) is 12.0. The van der Waals surface area contributed by atoms with E-state index in [1.165, 1.54) is 14.0 Å². The molecule has 1 rings (SSSR count). The molecule has 0 bridgehead atoms. The Balaban J connectivity index is 0.00000529. The van der Waals surface area contributed by atoms with Crippen molar-refractivity contribution >= 4 is 27.7 Å². The van der Waals surface area contributed by atoms with E-state index in [2.05, 4.69) is 4.74 Å². The number of hydrogen-bond acceptors (Lipinski definition) is 6. The average molecular weight is 365 g/mol. The van der Waals surface area contributed by atoms with E-state index in [4.69, 9.17) is 0 Å². The second-order valence-corrected chi connectivity index (χ2v) is 6.51. The zero-order valence-electron chi connectivity index (χ0n) is 14.5. The summed E-state index contributed by atoms with van der Waals surface area (Å²) in [5, 5.41) is 0. The minimum absolute atomic E-state index is 0. The van der Waals surface area contributed by atoms with Gasteiger partial charge in [0.15, 0.2) is 0 Å².